The Morgan fingerprint density at radius 2 is 1.04 bits per heavy atom. The van der Waals surface area contributed by atoms with E-state index in [1.807, 2.05) is 0 Å². The highest BCUT2D eigenvalue weighted by molar-refractivity contribution is 5.99. The van der Waals surface area contributed by atoms with Gasteiger partial charge in [-0.2, -0.15) is 0 Å². The lowest BCUT2D eigenvalue weighted by Gasteiger charge is -2.04. The first-order chi connectivity index (χ1) is 11.8. The number of hydrogen-bond acceptors (Lipinski definition) is 0. The minimum absolute atomic E-state index is 0.956. The average molecular weight is 310 g/mol. The second kappa shape index (κ2) is 7.72. The Morgan fingerprint density at radius 1 is 0.583 bits per heavy atom. The van der Waals surface area contributed by atoms with Crippen molar-refractivity contribution in [3.05, 3.63) is 59.7 Å². The van der Waals surface area contributed by atoms with Crippen LogP contribution in [0.25, 0.3) is 21.5 Å². The Morgan fingerprint density at radius 3 is 1.46 bits per heavy atom. The maximum atomic E-state index is 3.26. The molecule has 0 heteroatoms. The van der Waals surface area contributed by atoms with Crippen LogP contribution >= 0.6 is 0 Å². The van der Waals surface area contributed by atoms with Crippen LogP contribution in [0.3, 0.4) is 0 Å². The minimum atomic E-state index is 0.956. The number of unbranched alkanes of at least 4 members (excludes halogenated alkanes) is 2. The van der Waals surface area contributed by atoms with Gasteiger partial charge in [0.05, 0.1) is 0 Å². The van der Waals surface area contributed by atoms with Gasteiger partial charge in [-0.25, -0.2) is 0 Å². The number of rotatable bonds is 2. The van der Waals surface area contributed by atoms with E-state index in [1.165, 1.54) is 21.5 Å². The molecular formula is C24H22. The molecule has 3 rings (SSSR count). The van der Waals surface area contributed by atoms with Crippen molar-refractivity contribution >= 4 is 21.5 Å². The van der Waals surface area contributed by atoms with Crippen molar-refractivity contribution < 1.29 is 0 Å². The molecule has 0 aliphatic heterocycles. The molecule has 0 aliphatic carbocycles. The lowest BCUT2D eigenvalue weighted by atomic mass is 10.00. The fraction of sp³-hybridized carbons (Fsp3) is 0.250. The molecule has 0 amide bonds. The first-order valence-electron chi connectivity index (χ1n) is 8.75. The van der Waals surface area contributed by atoms with E-state index in [-0.39, 0.29) is 0 Å². The Labute approximate surface area is 144 Å². The summed E-state index contributed by atoms with van der Waals surface area (Å²) in [4.78, 5) is 0. The first kappa shape index (κ1) is 16.2. The van der Waals surface area contributed by atoms with Crippen LogP contribution in [0.4, 0.5) is 0 Å². The molecule has 0 N–H and O–H groups in total. The zero-order chi connectivity index (χ0) is 16.8. The van der Waals surface area contributed by atoms with E-state index in [1.54, 1.807) is 0 Å². The van der Waals surface area contributed by atoms with Crippen molar-refractivity contribution in [2.24, 2.45) is 0 Å². The zero-order valence-corrected chi connectivity index (χ0v) is 14.4. The molecule has 0 heterocycles. The van der Waals surface area contributed by atoms with Gasteiger partial charge in [0.25, 0.3) is 0 Å². The normalized spacial score (nSPS) is 10.1. The van der Waals surface area contributed by atoms with Crippen molar-refractivity contribution in [2.75, 3.05) is 0 Å². The van der Waals surface area contributed by atoms with E-state index in [4.69, 9.17) is 0 Å². The van der Waals surface area contributed by atoms with Crippen molar-refractivity contribution in [3.8, 4) is 23.7 Å². The van der Waals surface area contributed by atoms with Gasteiger partial charge in [-0.05, 0) is 70.8 Å². The lowest BCUT2D eigenvalue weighted by Crippen LogP contribution is -1.81. The van der Waals surface area contributed by atoms with Gasteiger partial charge in [0.15, 0.2) is 0 Å². The van der Waals surface area contributed by atoms with Gasteiger partial charge in [-0.1, -0.05) is 49.7 Å². The van der Waals surface area contributed by atoms with Crippen LogP contribution in [0.2, 0.25) is 0 Å². The van der Waals surface area contributed by atoms with Crippen LogP contribution in [-0.2, 0) is 0 Å². The predicted octanol–water partition coefficient (Wildman–Crippen LogP) is 6.30. The average Bonchev–Trinajstić information content (AvgIpc) is 2.60. The Balaban J connectivity index is 2.00. The molecule has 0 fully saturated rings. The molecule has 118 valence electrons. The Bertz CT molecular complexity index is 901. The molecule has 3 aromatic carbocycles. The highest BCUT2D eigenvalue weighted by Gasteiger charge is 2.00. The van der Waals surface area contributed by atoms with Crippen LogP contribution in [0.15, 0.2) is 48.5 Å². The Hall–Kier alpha value is -2.70. The van der Waals surface area contributed by atoms with Gasteiger partial charge < -0.3 is 0 Å². The number of benzene rings is 3. The third-order valence-corrected chi connectivity index (χ3v) is 4.01. The van der Waals surface area contributed by atoms with E-state index in [0.29, 0.717) is 0 Å². The molecule has 0 saturated heterocycles. The fourth-order valence-corrected chi connectivity index (χ4v) is 2.73. The summed E-state index contributed by atoms with van der Waals surface area (Å²) in [5, 5.41) is 5.00. The molecule has 0 aromatic heterocycles. The summed E-state index contributed by atoms with van der Waals surface area (Å²) < 4.78 is 0. The molecular weight excluding hydrogens is 288 g/mol. The monoisotopic (exact) mass is 310 g/mol. The van der Waals surface area contributed by atoms with E-state index in [9.17, 15) is 0 Å². The van der Waals surface area contributed by atoms with Crippen molar-refractivity contribution in [3.63, 3.8) is 0 Å². The number of hydrogen-bond donors (Lipinski definition) is 0. The molecule has 3 aromatic rings. The SMILES string of the molecule is CCCC#Cc1ccc2cc3cc(C#CCCC)ccc3cc2c1. The number of fused-ring (bicyclic) bond motifs is 2. The van der Waals surface area contributed by atoms with Crippen molar-refractivity contribution in [1.29, 1.82) is 0 Å². The molecule has 0 bridgehead atoms. The maximum absolute atomic E-state index is 3.26. The summed E-state index contributed by atoms with van der Waals surface area (Å²) in [6.45, 7) is 4.31. The van der Waals surface area contributed by atoms with Gasteiger partial charge in [0.1, 0.15) is 0 Å². The van der Waals surface area contributed by atoms with Crippen LogP contribution in [0.1, 0.15) is 50.7 Å². The van der Waals surface area contributed by atoms with E-state index in [2.05, 4.69) is 86.1 Å². The van der Waals surface area contributed by atoms with Gasteiger partial charge in [-0.15, -0.1) is 0 Å². The molecule has 0 nitrogen and oxygen atoms in total. The third kappa shape index (κ3) is 3.79. The van der Waals surface area contributed by atoms with E-state index < -0.39 is 0 Å². The molecule has 0 unspecified atom stereocenters. The molecule has 0 saturated carbocycles. The van der Waals surface area contributed by atoms with Gasteiger partial charge in [0.2, 0.25) is 0 Å². The predicted molar refractivity (Wildman–Crippen MR) is 105 cm³/mol. The topological polar surface area (TPSA) is 0 Å². The standard InChI is InChI=1S/C24H22/c1-3-5-7-9-19-11-13-21-18-24-16-20(10-8-6-4-2)12-14-22(24)17-23(21)15-19/h11-18H,3-6H2,1-2H3. The van der Waals surface area contributed by atoms with Crippen LogP contribution in [-0.4, -0.2) is 0 Å². The Kier molecular flexibility index (Phi) is 5.20. The smallest absolute Gasteiger partial charge is 0.0251 e. The summed E-state index contributed by atoms with van der Waals surface area (Å²) in [5.41, 5.74) is 2.19. The van der Waals surface area contributed by atoms with E-state index >= 15 is 0 Å². The maximum Gasteiger partial charge on any atom is 0.0251 e. The summed E-state index contributed by atoms with van der Waals surface area (Å²) in [7, 11) is 0. The fourth-order valence-electron chi connectivity index (χ4n) is 2.73. The molecule has 0 atom stereocenters. The largest absolute Gasteiger partial charge is 0.0979 e. The molecule has 0 aliphatic rings. The van der Waals surface area contributed by atoms with Gasteiger partial charge in [0, 0.05) is 24.0 Å². The van der Waals surface area contributed by atoms with Gasteiger partial charge >= 0.3 is 0 Å². The zero-order valence-electron chi connectivity index (χ0n) is 14.4. The summed E-state index contributed by atoms with van der Waals surface area (Å²) >= 11 is 0. The van der Waals surface area contributed by atoms with Crippen molar-refractivity contribution in [1.82, 2.24) is 0 Å². The lowest BCUT2D eigenvalue weighted by molar-refractivity contribution is 0.983. The van der Waals surface area contributed by atoms with Crippen LogP contribution in [0.5, 0.6) is 0 Å². The first-order valence-corrected chi connectivity index (χ1v) is 8.75. The quantitative estimate of drug-likeness (QED) is 0.385. The van der Waals surface area contributed by atoms with Gasteiger partial charge in [-0.3, -0.25) is 0 Å². The molecule has 0 radical (unpaired) electrons. The minimum Gasteiger partial charge on any atom is -0.0979 e. The second-order valence-electron chi connectivity index (χ2n) is 6.08. The molecule has 0 spiro atoms. The van der Waals surface area contributed by atoms with Crippen LogP contribution in [0, 0.1) is 23.7 Å². The summed E-state index contributed by atoms with van der Waals surface area (Å²) in [6.07, 6.45) is 4.12. The molecule has 24 heavy (non-hydrogen) atoms. The highest BCUT2D eigenvalue weighted by atomic mass is 14.0. The summed E-state index contributed by atoms with van der Waals surface area (Å²) in [5.74, 6) is 13.0. The summed E-state index contributed by atoms with van der Waals surface area (Å²) in [6, 6.07) is 17.4. The highest BCUT2D eigenvalue weighted by Crippen LogP contribution is 2.24. The third-order valence-electron chi connectivity index (χ3n) is 4.01. The van der Waals surface area contributed by atoms with Crippen LogP contribution < -0.4 is 0 Å². The second-order valence-corrected chi connectivity index (χ2v) is 6.08. The van der Waals surface area contributed by atoms with Crippen molar-refractivity contribution in [2.45, 2.75) is 39.5 Å². The van der Waals surface area contributed by atoms with E-state index in [0.717, 1.165) is 36.8 Å².